The summed E-state index contributed by atoms with van der Waals surface area (Å²) in [6.45, 7) is 3.57. The van der Waals surface area contributed by atoms with Crippen LogP contribution in [0, 0.1) is 6.92 Å². The van der Waals surface area contributed by atoms with Gasteiger partial charge < -0.3 is 14.7 Å². The summed E-state index contributed by atoms with van der Waals surface area (Å²) in [6, 6.07) is 8.73. The van der Waals surface area contributed by atoms with Crippen molar-refractivity contribution in [2.45, 2.75) is 26.4 Å². The van der Waals surface area contributed by atoms with E-state index in [1.165, 1.54) is 6.21 Å². The molecular formula is C15H16ClN3O3. The van der Waals surface area contributed by atoms with Crippen LogP contribution >= 0.6 is 11.6 Å². The molecule has 7 heteroatoms. The average Bonchev–Trinajstić information content (AvgIpc) is 2.90. The van der Waals surface area contributed by atoms with Crippen molar-refractivity contribution in [1.82, 2.24) is 5.16 Å². The van der Waals surface area contributed by atoms with Crippen molar-refractivity contribution in [3.63, 3.8) is 0 Å². The van der Waals surface area contributed by atoms with Gasteiger partial charge in [-0.05, 0) is 31.0 Å². The summed E-state index contributed by atoms with van der Waals surface area (Å²) < 4.78 is 4.88. The molecule has 6 nitrogen and oxygen atoms in total. The van der Waals surface area contributed by atoms with Gasteiger partial charge in [-0.2, -0.15) is 0 Å². The van der Waals surface area contributed by atoms with Crippen molar-refractivity contribution in [2.75, 3.05) is 5.32 Å². The molecule has 0 bridgehead atoms. The number of benzene rings is 1. The highest BCUT2D eigenvalue weighted by molar-refractivity contribution is 6.30. The lowest BCUT2D eigenvalue weighted by Crippen LogP contribution is -2.28. The number of hydrogen-bond acceptors (Lipinski definition) is 5. The van der Waals surface area contributed by atoms with Crippen molar-refractivity contribution >= 4 is 29.5 Å². The molecule has 0 aliphatic rings. The molecule has 1 heterocycles. The molecule has 0 fully saturated rings. The molecule has 22 heavy (non-hydrogen) atoms. The molecule has 1 amide bonds. The number of carbonyl (C=O) groups is 1. The minimum Gasteiger partial charge on any atom is -0.382 e. The molecule has 0 spiro atoms. The van der Waals surface area contributed by atoms with Gasteiger partial charge in [0.15, 0.2) is 5.82 Å². The number of nitrogens with one attached hydrogen (secondary N) is 1. The molecule has 1 aromatic heterocycles. The molecule has 0 radical (unpaired) electrons. The Morgan fingerprint density at radius 3 is 2.82 bits per heavy atom. The van der Waals surface area contributed by atoms with Crippen LogP contribution in [0.3, 0.4) is 0 Å². The van der Waals surface area contributed by atoms with Crippen LogP contribution in [0.2, 0.25) is 5.02 Å². The van der Waals surface area contributed by atoms with Crippen molar-refractivity contribution in [3.05, 3.63) is 46.7 Å². The van der Waals surface area contributed by atoms with Crippen LogP contribution in [-0.2, 0) is 9.63 Å². The van der Waals surface area contributed by atoms with Crippen LogP contribution in [0.4, 0.5) is 5.82 Å². The maximum atomic E-state index is 12.0. The van der Waals surface area contributed by atoms with Crippen LogP contribution < -0.4 is 5.32 Å². The van der Waals surface area contributed by atoms with E-state index >= 15 is 0 Å². The number of halogens is 1. The number of aromatic nitrogens is 1. The van der Waals surface area contributed by atoms with Gasteiger partial charge in [-0.15, -0.1) is 0 Å². The molecule has 1 N–H and O–H groups in total. The molecule has 1 aromatic carbocycles. The number of amides is 1. The summed E-state index contributed by atoms with van der Waals surface area (Å²) in [7, 11) is 0. The minimum absolute atomic E-state index is 0.330. The minimum atomic E-state index is -0.708. The Bertz CT molecular complexity index is 652. The Kier molecular flexibility index (Phi) is 5.55. The Balaban J connectivity index is 1.90. The third-order valence-corrected chi connectivity index (χ3v) is 3.05. The molecule has 0 saturated heterocycles. The zero-order chi connectivity index (χ0) is 15.9. The van der Waals surface area contributed by atoms with E-state index in [0.29, 0.717) is 23.0 Å². The molecule has 0 aliphatic carbocycles. The molecule has 116 valence electrons. The van der Waals surface area contributed by atoms with Crippen LogP contribution in [0.25, 0.3) is 0 Å². The number of hydrogen-bond donors (Lipinski definition) is 1. The zero-order valence-corrected chi connectivity index (χ0v) is 13.0. The topological polar surface area (TPSA) is 76.7 Å². The van der Waals surface area contributed by atoms with Crippen molar-refractivity contribution in [2.24, 2.45) is 5.16 Å². The summed E-state index contributed by atoms with van der Waals surface area (Å²) in [5.41, 5.74) is 0.826. The summed E-state index contributed by atoms with van der Waals surface area (Å²) in [5.74, 6) is 0.639. The summed E-state index contributed by atoms with van der Waals surface area (Å²) >= 11 is 5.80. The highest BCUT2D eigenvalue weighted by Crippen LogP contribution is 2.10. The second-order valence-corrected chi connectivity index (χ2v) is 5.04. The standard InChI is InChI=1S/C15H16ClN3O3/c1-3-13(15(20)18-14-8-10(2)21-19-14)22-17-9-11-4-6-12(16)7-5-11/h4-9,13H,3H2,1-2H3,(H,18,19,20). The first-order valence-electron chi connectivity index (χ1n) is 6.77. The zero-order valence-electron chi connectivity index (χ0n) is 12.2. The fraction of sp³-hybridized carbons (Fsp3) is 0.267. The number of aryl methyl sites for hydroxylation is 1. The SMILES string of the molecule is CCC(ON=Cc1ccc(Cl)cc1)C(=O)Nc1cc(C)on1. The van der Waals surface area contributed by atoms with Crippen LogP contribution in [0.5, 0.6) is 0 Å². The van der Waals surface area contributed by atoms with Gasteiger partial charge in [0.25, 0.3) is 5.91 Å². The summed E-state index contributed by atoms with van der Waals surface area (Å²) in [6.07, 6.45) is 1.29. The third kappa shape index (κ3) is 4.60. The van der Waals surface area contributed by atoms with Gasteiger partial charge >= 0.3 is 0 Å². The first-order chi connectivity index (χ1) is 10.6. The van der Waals surface area contributed by atoms with E-state index in [4.69, 9.17) is 21.0 Å². The fourth-order valence-electron chi connectivity index (χ4n) is 1.65. The predicted octanol–water partition coefficient (Wildman–Crippen LogP) is 3.40. The Hall–Kier alpha value is -2.34. The Labute approximate surface area is 133 Å². The number of rotatable bonds is 6. The van der Waals surface area contributed by atoms with E-state index < -0.39 is 6.10 Å². The molecule has 2 rings (SSSR count). The highest BCUT2D eigenvalue weighted by Gasteiger charge is 2.19. The van der Waals surface area contributed by atoms with E-state index in [1.54, 1.807) is 37.3 Å². The van der Waals surface area contributed by atoms with Gasteiger partial charge in [0.1, 0.15) is 5.76 Å². The van der Waals surface area contributed by atoms with Gasteiger partial charge in [-0.3, -0.25) is 4.79 Å². The predicted molar refractivity (Wildman–Crippen MR) is 84.1 cm³/mol. The van der Waals surface area contributed by atoms with E-state index in [-0.39, 0.29) is 5.91 Å². The van der Waals surface area contributed by atoms with Crippen molar-refractivity contribution < 1.29 is 14.2 Å². The second-order valence-electron chi connectivity index (χ2n) is 4.60. The smallest absolute Gasteiger partial charge is 0.269 e. The number of carbonyl (C=O) groups excluding carboxylic acids is 1. The molecule has 1 atom stereocenters. The fourth-order valence-corrected chi connectivity index (χ4v) is 1.78. The summed E-state index contributed by atoms with van der Waals surface area (Å²) in [4.78, 5) is 17.3. The van der Waals surface area contributed by atoms with Gasteiger partial charge in [0.05, 0.1) is 6.21 Å². The van der Waals surface area contributed by atoms with E-state index in [1.807, 2.05) is 6.92 Å². The molecule has 2 aromatic rings. The van der Waals surface area contributed by atoms with E-state index in [9.17, 15) is 4.79 Å². The quantitative estimate of drug-likeness (QED) is 0.653. The third-order valence-electron chi connectivity index (χ3n) is 2.80. The highest BCUT2D eigenvalue weighted by atomic mass is 35.5. The molecule has 0 saturated carbocycles. The van der Waals surface area contributed by atoms with Gasteiger partial charge in [0, 0.05) is 11.1 Å². The van der Waals surface area contributed by atoms with Crippen molar-refractivity contribution in [1.29, 1.82) is 0 Å². The van der Waals surface area contributed by atoms with Gasteiger partial charge in [0.2, 0.25) is 6.10 Å². The van der Waals surface area contributed by atoms with Crippen LogP contribution in [0.15, 0.2) is 40.0 Å². The van der Waals surface area contributed by atoms with E-state index in [2.05, 4.69) is 15.6 Å². The molecule has 0 aliphatic heterocycles. The van der Waals surface area contributed by atoms with Gasteiger partial charge in [-0.1, -0.05) is 41.0 Å². The average molecular weight is 322 g/mol. The molecule has 1 unspecified atom stereocenters. The monoisotopic (exact) mass is 321 g/mol. The Morgan fingerprint density at radius 2 is 2.23 bits per heavy atom. The van der Waals surface area contributed by atoms with Crippen LogP contribution in [0.1, 0.15) is 24.7 Å². The first-order valence-corrected chi connectivity index (χ1v) is 7.15. The number of nitrogens with zero attached hydrogens (tertiary/aromatic N) is 2. The second kappa shape index (κ2) is 7.61. The number of anilines is 1. The maximum Gasteiger partial charge on any atom is 0.269 e. The maximum absolute atomic E-state index is 12.0. The van der Waals surface area contributed by atoms with Gasteiger partial charge in [-0.25, -0.2) is 0 Å². The first kappa shape index (κ1) is 16.0. The summed E-state index contributed by atoms with van der Waals surface area (Å²) in [5, 5.41) is 10.8. The molecular weight excluding hydrogens is 306 g/mol. The lowest BCUT2D eigenvalue weighted by atomic mass is 10.2. The van der Waals surface area contributed by atoms with Crippen molar-refractivity contribution in [3.8, 4) is 0 Å². The number of oxime groups is 1. The Morgan fingerprint density at radius 1 is 1.50 bits per heavy atom. The lowest BCUT2D eigenvalue weighted by molar-refractivity contribution is -0.127. The largest absolute Gasteiger partial charge is 0.382 e. The lowest BCUT2D eigenvalue weighted by Gasteiger charge is -2.11. The van der Waals surface area contributed by atoms with E-state index in [0.717, 1.165) is 5.56 Å². The normalized spacial score (nSPS) is 12.3. The van der Waals surface area contributed by atoms with Crippen LogP contribution in [-0.4, -0.2) is 23.4 Å².